The zero-order chi connectivity index (χ0) is 17.6. The minimum absolute atomic E-state index is 0.162. The summed E-state index contributed by atoms with van der Waals surface area (Å²) in [5, 5.41) is 2.76. The van der Waals surface area contributed by atoms with Gasteiger partial charge in [-0.25, -0.2) is 8.78 Å². The molecule has 1 amide bonds. The van der Waals surface area contributed by atoms with Crippen molar-refractivity contribution in [2.75, 3.05) is 0 Å². The number of nitrogens with one attached hydrogen (secondary N) is 1. The molecule has 0 saturated heterocycles. The van der Waals surface area contributed by atoms with Crippen molar-refractivity contribution in [1.29, 1.82) is 0 Å². The molecule has 3 aromatic rings. The second kappa shape index (κ2) is 7.66. The molecule has 0 atom stereocenters. The van der Waals surface area contributed by atoms with Gasteiger partial charge in [0.25, 0.3) is 12.3 Å². The lowest BCUT2D eigenvalue weighted by Crippen LogP contribution is -2.22. The van der Waals surface area contributed by atoms with Gasteiger partial charge in [-0.05, 0) is 35.9 Å². The molecule has 3 nitrogen and oxygen atoms in total. The number of aromatic nitrogens is 1. The molecule has 0 unspecified atom stereocenters. The van der Waals surface area contributed by atoms with Crippen molar-refractivity contribution in [1.82, 2.24) is 10.3 Å². The molecule has 1 heterocycles. The van der Waals surface area contributed by atoms with Gasteiger partial charge in [-0.15, -0.1) is 0 Å². The molecule has 1 N–H and O–H groups in total. The highest BCUT2D eigenvalue weighted by Crippen LogP contribution is 2.20. The second-order valence-corrected chi connectivity index (χ2v) is 5.52. The van der Waals surface area contributed by atoms with E-state index < -0.39 is 6.43 Å². The van der Waals surface area contributed by atoms with E-state index in [4.69, 9.17) is 0 Å². The molecule has 25 heavy (non-hydrogen) atoms. The normalized spacial score (nSPS) is 10.7. The highest BCUT2D eigenvalue weighted by atomic mass is 19.3. The van der Waals surface area contributed by atoms with Crippen LogP contribution in [0.15, 0.2) is 72.9 Å². The van der Waals surface area contributed by atoms with Crippen molar-refractivity contribution in [2.45, 2.75) is 13.0 Å². The van der Waals surface area contributed by atoms with E-state index in [-0.39, 0.29) is 17.0 Å². The van der Waals surface area contributed by atoms with Crippen LogP contribution in [0.1, 0.15) is 27.9 Å². The molecule has 0 radical (unpaired) electrons. The Kier molecular flexibility index (Phi) is 5.14. The van der Waals surface area contributed by atoms with Crippen molar-refractivity contribution in [3.8, 4) is 11.3 Å². The van der Waals surface area contributed by atoms with E-state index in [1.165, 1.54) is 24.3 Å². The summed E-state index contributed by atoms with van der Waals surface area (Å²) in [7, 11) is 0. The number of carbonyl (C=O) groups is 1. The number of hydrogen-bond donors (Lipinski definition) is 1. The van der Waals surface area contributed by atoms with Crippen LogP contribution in [0, 0.1) is 0 Å². The summed E-state index contributed by atoms with van der Waals surface area (Å²) in [5.74, 6) is -0.384. The molecular weight excluding hydrogens is 322 g/mol. The monoisotopic (exact) mass is 338 g/mol. The SMILES string of the molecule is O=C(NCc1cccc(-c2ccccn2)c1)c1cccc(C(F)F)c1. The Hall–Kier alpha value is -3.08. The quantitative estimate of drug-likeness (QED) is 0.738. The Labute approximate surface area is 144 Å². The number of hydrogen-bond acceptors (Lipinski definition) is 2. The van der Waals surface area contributed by atoms with E-state index >= 15 is 0 Å². The standard InChI is InChI=1S/C20H16F2N2O/c21-19(22)16-7-4-8-17(12-16)20(25)24-13-14-5-3-6-15(11-14)18-9-1-2-10-23-18/h1-12,19H,13H2,(H,24,25). The summed E-state index contributed by atoms with van der Waals surface area (Å²) in [4.78, 5) is 16.5. The fourth-order valence-corrected chi connectivity index (χ4v) is 2.47. The largest absolute Gasteiger partial charge is 0.348 e. The van der Waals surface area contributed by atoms with E-state index in [0.717, 1.165) is 16.8 Å². The van der Waals surface area contributed by atoms with Crippen molar-refractivity contribution in [3.63, 3.8) is 0 Å². The van der Waals surface area contributed by atoms with Gasteiger partial charge in [0.15, 0.2) is 0 Å². The zero-order valence-electron chi connectivity index (χ0n) is 13.3. The van der Waals surface area contributed by atoms with Crippen LogP contribution in [0.5, 0.6) is 0 Å². The second-order valence-electron chi connectivity index (χ2n) is 5.52. The van der Waals surface area contributed by atoms with Crippen LogP contribution in [0.2, 0.25) is 0 Å². The van der Waals surface area contributed by atoms with Gasteiger partial charge >= 0.3 is 0 Å². The number of nitrogens with zero attached hydrogens (tertiary/aromatic N) is 1. The number of carbonyl (C=O) groups excluding carboxylic acids is 1. The Bertz CT molecular complexity index is 866. The Morgan fingerprint density at radius 3 is 2.60 bits per heavy atom. The number of rotatable bonds is 5. The van der Waals surface area contributed by atoms with Gasteiger partial charge in [0.05, 0.1) is 5.69 Å². The average molecular weight is 338 g/mol. The molecule has 1 aromatic heterocycles. The lowest BCUT2D eigenvalue weighted by molar-refractivity contribution is 0.0950. The lowest BCUT2D eigenvalue weighted by Gasteiger charge is -2.08. The molecule has 0 aliphatic carbocycles. The topological polar surface area (TPSA) is 42.0 Å². The number of alkyl halides is 2. The molecule has 0 fully saturated rings. The van der Waals surface area contributed by atoms with Crippen LogP contribution in [-0.2, 0) is 6.54 Å². The maximum Gasteiger partial charge on any atom is 0.263 e. The first-order valence-corrected chi connectivity index (χ1v) is 7.80. The molecule has 0 spiro atoms. The Morgan fingerprint density at radius 1 is 1.00 bits per heavy atom. The van der Waals surface area contributed by atoms with Gasteiger partial charge in [0.1, 0.15) is 0 Å². The molecule has 3 rings (SSSR count). The highest BCUT2D eigenvalue weighted by molar-refractivity contribution is 5.94. The minimum atomic E-state index is -2.59. The van der Waals surface area contributed by atoms with Crippen LogP contribution >= 0.6 is 0 Å². The van der Waals surface area contributed by atoms with Crippen LogP contribution < -0.4 is 5.32 Å². The molecule has 0 aliphatic heterocycles. The molecular formula is C20H16F2N2O. The molecule has 0 saturated carbocycles. The van der Waals surface area contributed by atoms with Crippen LogP contribution in [0.3, 0.4) is 0 Å². The first-order chi connectivity index (χ1) is 12.1. The molecule has 126 valence electrons. The van der Waals surface area contributed by atoms with Crippen molar-refractivity contribution >= 4 is 5.91 Å². The predicted molar refractivity (Wildman–Crippen MR) is 92.2 cm³/mol. The Balaban J connectivity index is 1.69. The van der Waals surface area contributed by atoms with Crippen LogP contribution in [0.4, 0.5) is 8.78 Å². The predicted octanol–water partition coefficient (Wildman–Crippen LogP) is 4.62. The summed E-state index contributed by atoms with van der Waals surface area (Å²) in [6, 6.07) is 18.8. The maximum atomic E-state index is 12.7. The van der Waals surface area contributed by atoms with E-state index in [1.807, 2.05) is 42.5 Å². The lowest BCUT2D eigenvalue weighted by atomic mass is 10.1. The fraction of sp³-hybridized carbons (Fsp3) is 0.100. The fourth-order valence-electron chi connectivity index (χ4n) is 2.47. The van der Waals surface area contributed by atoms with Crippen LogP contribution in [0.25, 0.3) is 11.3 Å². The van der Waals surface area contributed by atoms with Crippen LogP contribution in [-0.4, -0.2) is 10.9 Å². The summed E-state index contributed by atoms with van der Waals surface area (Å²) in [6.45, 7) is 0.304. The van der Waals surface area contributed by atoms with E-state index in [9.17, 15) is 13.6 Å². The summed E-state index contributed by atoms with van der Waals surface area (Å²) in [5.41, 5.74) is 2.76. The van der Waals surface area contributed by atoms with Gasteiger partial charge in [-0.2, -0.15) is 0 Å². The van der Waals surface area contributed by atoms with Crippen molar-refractivity contribution in [2.24, 2.45) is 0 Å². The third-order valence-corrected chi connectivity index (χ3v) is 3.74. The van der Waals surface area contributed by atoms with Crippen molar-refractivity contribution in [3.05, 3.63) is 89.6 Å². The van der Waals surface area contributed by atoms with Crippen molar-refractivity contribution < 1.29 is 13.6 Å². The first-order valence-electron chi connectivity index (χ1n) is 7.80. The van der Waals surface area contributed by atoms with E-state index in [0.29, 0.717) is 6.54 Å². The summed E-state index contributed by atoms with van der Waals surface area (Å²) >= 11 is 0. The molecule has 0 bridgehead atoms. The van der Waals surface area contributed by atoms with Gasteiger partial charge in [-0.1, -0.05) is 36.4 Å². The summed E-state index contributed by atoms with van der Waals surface area (Å²) in [6.07, 6.45) is -0.873. The van der Waals surface area contributed by atoms with Gasteiger partial charge in [0, 0.05) is 29.4 Å². The number of benzene rings is 2. The summed E-state index contributed by atoms with van der Waals surface area (Å²) < 4.78 is 25.5. The first kappa shape index (κ1) is 16.8. The molecule has 2 aromatic carbocycles. The van der Waals surface area contributed by atoms with E-state index in [2.05, 4.69) is 10.3 Å². The van der Waals surface area contributed by atoms with Gasteiger partial charge < -0.3 is 5.32 Å². The zero-order valence-corrected chi connectivity index (χ0v) is 13.3. The van der Waals surface area contributed by atoms with Gasteiger partial charge in [0.2, 0.25) is 0 Å². The molecule has 5 heteroatoms. The molecule has 0 aliphatic rings. The average Bonchev–Trinajstić information content (AvgIpc) is 2.67. The van der Waals surface area contributed by atoms with E-state index in [1.54, 1.807) is 6.20 Å². The maximum absolute atomic E-state index is 12.7. The van der Waals surface area contributed by atoms with Gasteiger partial charge in [-0.3, -0.25) is 9.78 Å². The third-order valence-electron chi connectivity index (χ3n) is 3.74. The third kappa shape index (κ3) is 4.26. The Morgan fingerprint density at radius 2 is 1.84 bits per heavy atom. The minimum Gasteiger partial charge on any atom is -0.348 e. The smallest absolute Gasteiger partial charge is 0.263 e. The number of amides is 1. The number of pyridine rings is 1. The number of halogens is 2. The highest BCUT2D eigenvalue weighted by Gasteiger charge is 2.11.